The molecule has 0 radical (unpaired) electrons. The van der Waals surface area contributed by atoms with Gasteiger partial charge in [-0.1, -0.05) is 25.0 Å². The van der Waals surface area contributed by atoms with Crippen molar-refractivity contribution in [3.8, 4) is 6.07 Å². The first-order valence-corrected chi connectivity index (χ1v) is 10.1. The monoisotopic (exact) mass is 383 g/mol. The molecular formula is C22H29N3O3. The van der Waals surface area contributed by atoms with Crippen LogP contribution in [0, 0.1) is 23.2 Å². The van der Waals surface area contributed by atoms with Crippen LogP contribution in [0.1, 0.15) is 45.1 Å². The van der Waals surface area contributed by atoms with Crippen LogP contribution in [0.25, 0.3) is 0 Å². The number of carboxylic acids is 1. The quantitative estimate of drug-likeness (QED) is 0.864. The van der Waals surface area contributed by atoms with E-state index in [-0.39, 0.29) is 11.8 Å². The first-order chi connectivity index (χ1) is 13.3. The topological polar surface area (TPSA) is 84.6 Å². The molecule has 0 unspecified atom stereocenters. The number of carboxylic acid groups (broad SMARTS) is 1. The Bertz CT molecular complexity index is 758. The molecule has 0 bridgehead atoms. The lowest BCUT2D eigenvalue weighted by atomic mass is 9.78. The van der Waals surface area contributed by atoms with Gasteiger partial charge in [0.15, 0.2) is 0 Å². The second-order valence-corrected chi connectivity index (χ2v) is 8.43. The lowest BCUT2D eigenvalue weighted by molar-refractivity contribution is -0.152. The summed E-state index contributed by atoms with van der Waals surface area (Å²) >= 11 is 0. The zero-order valence-electron chi connectivity index (χ0n) is 16.7. The van der Waals surface area contributed by atoms with Gasteiger partial charge in [-0.15, -0.1) is 0 Å². The van der Waals surface area contributed by atoms with Crippen molar-refractivity contribution >= 4 is 17.6 Å². The Balaban J connectivity index is 1.60. The summed E-state index contributed by atoms with van der Waals surface area (Å²) in [6, 6.07) is 10.4. The number of amides is 1. The number of carbonyl (C=O) groups is 2. The van der Waals surface area contributed by atoms with Crippen LogP contribution in [-0.2, 0) is 15.0 Å². The van der Waals surface area contributed by atoms with E-state index < -0.39 is 17.3 Å². The first kappa shape index (κ1) is 20.2. The second-order valence-electron chi connectivity index (χ2n) is 8.43. The van der Waals surface area contributed by atoms with Crippen molar-refractivity contribution in [2.24, 2.45) is 11.8 Å². The van der Waals surface area contributed by atoms with E-state index in [4.69, 9.17) is 0 Å². The highest BCUT2D eigenvalue weighted by Gasteiger charge is 2.38. The van der Waals surface area contributed by atoms with Gasteiger partial charge in [-0.25, -0.2) is 0 Å². The largest absolute Gasteiger partial charge is 0.481 e. The molecule has 1 amide bonds. The van der Waals surface area contributed by atoms with Crippen molar-refractivity contribution in [2.75, 3.05) is 31.1 Å². The van der Waals surface area contributed by atoms with Crippen LogP contribution >= 0.6 is 0 Å². The summed E-state index contributed by atoms with van der Waals surface area (Å²) in [6.07, 6.45) is 3.13. The summed E-state index contributed by atoms with van der Waals surface area (Å²) in [5.74, 6) is -1.73. The number of carbonyl (C=O) groups excluding carboxylic acids is 1. The molecular weight excluding hydrogens is 354 g/mol. The Morgan fingerprint density at radius 1 is 1.04 bits per heavy atom. The fourth-order valence-corrected chi connectivity index (χ4v) is 4.30. The fourth-order valence-electron chi connectivity index (χ4n) is 4.30. The zero-order valence-corrected chi connectivity index (χ0v) is 16.7. The number of hydrogen-bond acceptors (Lipinski definition) is 4. The number of benzene rings is 1. The number of hydrogen-bond donors (Lipinski definition) is 1. The highest BCUT2D eigenvalue weighted by Crippen LogP contribution is 2.32. The van der Waals surface area contributed by atoms with E-state index in [1.54, 1.807) is 0 Å². The van der Waals surface area contributed by atoms with Gasteiger partial charge >= 0.3 is 5.97 Å². The van der Waals surface area contributed by atoms with Crippen LogP contribution in [-0.4, -0.2) is 48.1 Å². The Kier molecular flexibility index (Phi) is 5.93. The number of nitriles is 1. The minimum atomic E-state index is -0.836. The molecule has 6 nitrogen and oxygen atoms in total. The lowest BCUT2D eigenvalue weighted by Crippen LogP contribution is -2.52. The molecule has 6 heteroatoms. The van der Waals surface area contributed by atoms with Gasteiger partial charge < -0.3 is 14.9 Å². The van der Waals surface area contributed by atoms with Gasteiger partial charge in [0.25, 0.3) is 0 Å². The summed E-state index contributed by atoms with van der Waals surface area (Å²) in [7, 11) is 0. The maximum absolute atomic E-state index is 12.9. The van der Waals surface area contributed by atoms with Gasteiger partial charge in [0.1, 0.15) is 0 Å². The number of anilines is 1. The smallest absolute Gasteiger partial charge is 0.307 e. The molecule has 1 saturated carbocycles. The van der Waals surface area contributed by atoms with Crippen molar-refractivity contribution in [1.29, 1.82) is 5.26 Å². The SMILES string of the molecule is CC(C)(C#N)c1ccc(N2CCN(C(=O)[C@@H]3CCCC[C@H]3C(=O)O)CC2)cc1. The molecule has 1 aliphatic heterocycles. The molecule has 1 aliphatic carbocycles. The van der Waals surface area contributed by atoms with Gasteiger partial charge in [0.2, 0.25) is 5.91 Å². The second kappa shape index (κ2) is 8.22. The predicted octanol–water partition coefficient (Wildman–Crippen LogP) is 3.03. The van der Waals surface area contributed by atoms with Crippen molar-refractivity contribution in [1.82, 2.24) is 4.90 Å². The van der Waals surface area contributed by atoms with Crippen LogP contribution in [0.4, 0.5) is 5.69 Å². The average molecular weight is 383 g/mol. The third-order valence-electron chi connectivity index (χ3n) is 6.23. The van der Waals surface area contributed by atoms with E-state index in [1.807, 2.05) is 43.0 Å². The van der Waals surface area contributed by atoms with Gasteiger partial charge in [-0.2, -0.15) is 5.26 Å². The molecule has 1 aromatic rings. The molecule has 1 saturated heterocycles. The summed E-state index contributed by atoms with van der Waals surface area (Å²) in [6.45, 7) is 6.51. The van der Waals surface area contributed by atoms with E-state index in [2.05, 4.69) is 11.0 Å². The molecule has 150 valence electrons. The maximum atomic E-state index is 12.9. The van der Waals surface area contributed by atoms with Crippen LogP contribution in [0.3, 0.4) is 0 Å². The normalized spacial score (nSPS) is 23.2. The van der Waals surface area contributed by atoms with E-state index >= 15 is 0 Å². The molecule has 3 rings (SSSR count). The van der Waals surface area contributed by atoms with Crippen molar-refractivity contribution < 1.29 is 14.7 Å². The molecule has 2 atom stereocenters. The Morgan fingerprint density at radius 2 is 1.61 bits per heavy atom. The molecule has 28 heavy (non-hydrogen) atoms. The van der Waals surface area contributed by atoms with Crippen molar-refractivity contribution in [2.45, 2.75) is 44.9 Å². The zero-order chi connectivity index (χ0) is 20.3. The summed E-state index contributed by atoms with van der Waals surface area (Å²) in [5.41, 5.74) is 1.57. The van der Waals surface area contributed by atoms with Crippen molar-refractivity contribution in [3.05, 3.63) is 29.8 Å². The highest BCUT2D eigenvalue weighted by atomic mass is 16.4. The van der Waals surface area contributed by atoms with Crippen LogP contribution in [0.2, 0.25) is 0 Å². The molecule has 1 heterocycles. The summed E-state index contributed by atoms with van der Waals surface area (Å²) in [4.78, 5) is 28.5. The summed E-state index contributed by atoms with van der Waals surface area (Å²) in [5, 5.41) is 18.7. The van der Waals surface area contributed by atoms with E-state index in [1.165, 1.54) is 0 Å². The Hall–Kier alpha value is -2.55. The van der Waals surface area contributed by atoms with Gasteiger partial charge in [-0.3, -0.25) is 9.59 Å². The molecule has 0 spiro atoms. The third kappa shape index (κ3) is 4.14. The number of nitrogens with zero attached hydrogens (tertiary/aromatic N) is 3. The van der Waals surface area contributed by atoms with Crippen LogP contribution in [0.15, 0.2) is 24.3 Å². The Labute approximate surface area is 166 Å². The third-order valence-corrected chi connectivity index (χ3v) is 6.23. The molecule has 2 aliphatic rings. The lowest BCUT2D eigenvalue weighted by Gasteiger charge is -2.39. The van der Waals surface area contributed by atoms with E-state index in [0.29, 0.717) is 25.9 Å². The average Bonchev–Trinajstić information content (AvgIpc) is 2.73. The fraction of sp³-hybridized carbons (Fsp3) is 0.591. The standard InChI is InChI=1S/C22H29N3O3/c1-22(2,15-23)16-7-9-17(10-8-16)24-11-13-25(14-12-24)20(26)18-5-3-4-6-19(18)21(27)28/h7-10,18-19H,3-6,11-14H2,1-2H3,(H,27,28)/t18-,19-/m1/s1. The predicted molar refractivity (Wildman–Crippen MR) is 107 cm³/mol. The van der Waals surface area contributed by atoms with Crippen LogP contribution < -0.4 is 4.90 Å². The van der Waals surface area contributed by atoms with E-state index in [0.717, 1.165) is 37.2 Å². The number of piperazine rings is 1. The van der Waals surface area contributed by atoms with Gasteiger partial charge in [0.05, 0.1) is 23.3 Å². The molecule has 1 N–H and O–H groups in total. The Morgan fingerprint density at radius 3 is 2.14 bits per heavy atom. The van der Waals surface area contributed by atoms with Crippen molar-refractivity contribution in [3.63, 3.8) is 0 Å². The highest BCUT2D eigenvalue weighted by molar-refractivity contribution is 5.85. The molecule has 2 fully saturated rings. The minimum absolute atomic E-state index is 0.0119. The van der Waals surface area contributed by atoms with Gasteiger partial charge in [-0.05, 0) is 44.4 Å². The van der Waals surface area contributed by atoms with Gasteiger partial charge in [0, 0.05) is 31.9 Å². The molecule has 0 aromatic heterocycles. The minimum Gasteiger partial charge on any atom is -0.481 e. The number of aliphatic carboxylic acids is 1. The molecule has 1 aromatic carbocycles. The number of rotatable bonds is 4. The van der Waals surface area contributed by atoms with E-state index in [9.17, 15) is 20.0 Å². The maximum Gasteiger partial charge on any atom is 0.307 e. The van der Waals surface area contributed by atoms with Crippen LogP contribution in [0.5, 0.6) is 0 Å². The first-order valence-electron chi connectivity index (χ1n) is 10.1. The summed E-state index contributed by atoms with van der Waals surface area (Å²) < 4.78 is 0.